The lowest BCUT2D eigenvalue weighted by molar-refractivity contribution is 0.0939. The van der Waals surface area contributed by atoms with Gasteiger partial charge < -0.3 is 5.32 Å². The number of amides is 1. The summed E-state index contributed by atoms with van der Waals surface area (Å²) in [6, 6.07) is 9.90. The molecule has 27 heavy (non-hydrogen) atoms. The Hall–Kier alpha value is -2.82. The Morgan fingerprint density at radius 2 is 2.00 bits per heavy atom. The van der Waals surface area contributed by atoms with Crippen LogP contribution in [0, 0.1) is 11.3 Å². The van der Waals surface area contributed by atoms with Crippen LogP contribution >= 0.6 is 27.5 Å². The van der Waals surface area contributed by atoms with Crippen LogP contribution in [0.4, 0.5) is 0 Å². The Balaban J connectivity index is 1.88. The fourth-order valence-corrected chi connectivity index (χ4v) is 3.12. The van der Waals surface area contributed by atoms with Crippen LogP contribution in [0.25, 0.3) is 11.4 Å². The first-order valence-corrected chi connectivity index (χ1v) is 9.09. The second-order valence-corrected chi connectivity index (χ2v) is 7.04. The summed E-state index contributed by atoms with van der Waals surface area (Å²) in [6.07, 6.45) is 4.66. The second-order valence-electron chi connectivity index (χ2n) is 5.69. The molecule has 1 aromatic carbocycles. The first-order chi connectivity index (χ1) is 13.0. The molecular weight excluding hydrogens is 430 g/mol. The number of nitrogens with one attached hydrogen (secondary N) is 1. The summed E-state index contributed by atoms with van der Waals surface area (Å²) >= 11 is 9.20. The van der Waals surface area contributed by atoms with Crippen LogP contribution in [-0.2, 0) is 0 Å². The van der Waals surface area contributed by atoms with Crippen LogP contribution in [-0.4, -0.2) is 20.9 Å². The zero-order chi connectivity index (χ0) is 19.4. The zero-order valence-corrected chi connectivity index (χ0v) is 16.5. The van der Waals surface area contributed by atoms with Gasteiger partial charge in [0.15, 0.2) is 0 Å². The highest BCUT2D eigenvalue weighted by atomic mass is 79.9. The topological polar surface area (TPSA) is 91.6 Å². The molecule has 134 valence electrons. The minimum atomic E-state index is -0.428. The highest BCUT2D eigenvalue weighted by Crippen LogP contribution is 2.24. The van der Waals surface area contributed by atoms with Crippen molar-refractivity contribution < 1.29 is 4.79 Å². The molecule has 0 spiro atoms. The molecule has 0 aliphatic heterocycles. The zero-order valence-electron chi connectivity index (χ0n) is 14.1. The average molecular weight is 443 g/mol. The van der Waals surface area contributed by atoms with Crippen LogP contribution in [0.3, 0.4) is 0 Å². The Labute approximate surface area is 169 Å². The smallest absolute Gasteiger partial charge is 0.251 e. The normalized spacial score (nSPS) is 11.5. The van der Waals surface area contributed by atoms with E-state index in [1.165, 1.54) is 12.3 Å². The predicted molar refractivity (Wildman–Crippen MR) is 105 cm³/mol. The maximum atomic E-state index is 12.6. The van der Waals surface area contributed by atoms with Gasteiger partial charge >= 0.3 is 0 Å². The molecule has 0 saturated heterocycles. The van der Waals surface area contributed by atoms with Crippen molar-refractivity contribution in [2.75, 3.05) is 0 Å². The number of rotatable bonds is 4. The minimum Gasteiger partial charge on any atom is -0.344 e. The number of nitrogens with zero attached hydrogens (tertiary/aromatic N) is 4. The van der Waals surface area contributed by atoms with Gasteiger partial charge in [-0.1, -0.05) is 27.5 Å². The first-order valence-electron chi connectivity index (χ1n) is 7.92. The van der Waals surface area contributed by atoms with Crippen molar-refractivity contribution in [2.24, 2.45) is 0 Å². The molecule has 2 heterocycles. The maximum Gasteiger partial charge on any atom is 0.251 e. The molecule has 0 aliphatic rings. The van der Waals surface area contributed by atoms with E-state index in [-0.39, 0.29) is 5.91 Å². The van der Waals surface area contributed by atoms with Gasteiger partial charge in [-0.2, -0.15) is 5.26 Å². The lowest BCUT2D eigenvalue weighted by Crippen LogP contribution is -2.28. The van der Waals surface area contributed by atoms with E-state index in [0.29, 0.717) is 37.7 Å². The van der Waals surface area contributed by atoms with E-state index in [1.54, 1.807) is 36.7 Å². The van der Waals surface area contributed by atoms with Crippen molar-refractivity contribution in [3.63, 3.8) is 0 Å². The van der Waals surface area contributed by atoms with Crippen LogP contribution in [0.1, 0.15) is 34.6 Å². The van der Waals surface area contributed by atoms with Crippen molar-refractivity contribution >= 4 is 33.4 Å². The van der Waals surface area contributed by atoms with Crippen molar-refractivity contribution in [3.8, 4) is 17.5 Å². The molecule has 0 aliphatic carbocycles. The van der Waals surface area contributed by atoms with Crippen molar-refractivity contribution in [1.82, 2.24) is 20.3 Å². The first kappa shape index (κ1) is 19.0. The van der Waals surface area contributed by atoms with E-state index in [2.05, 4.69) is 36.2 Å². The maximum absolute atomic E-state index is 12.6. The number of halogens is 2. The van der Waals surface area contributed by atoms with E-state index >= 15 is 0 Å². The summed E-state index contributed by atoms with van der Waals surface area (Å²) in [5.74, 6) is -0.319. The third-order valence-corrected chi connectivity index (χ3v) is 4.42. The SMILES string of the molecule is CC(NC(=O)c1cc(Br)cc(C#N)c1)c1nccnc1-c1ccc(Cl)cn1. The molecule has 3 rings (SSSR count). The quantitative estimate of drug-likeness (QED) is 0.650. The van der Waals surface area contributed by atoms with Gasteiger partial charge in [-0.25, -0.2) is 0 Å². The van der Waals surface area contributed by atoms with Crippen molar-refractivity contribution in [1.29, 1.82) is 5.26 Å². The van der Waals surface area contributed by atoms with E-state index in [1.807, 2.05) is 13.0 Å². The lowest BCUT2D eigenvalue weighted by Gasteiger charge is -2.16. The summed E-state index contributed by atoms with van der Waals surface area (Å²) in [5, 5.41) is 12.5. The Morgan fingerprint density at radius 1 is 1.22 bits per heavy atom. The molecule has 1 atom stereocenters. The lowest BCUT2D eigenvalue weighted by atomic mass is 10.1. The van der Waals surface area contributed by atoms with E-state index in [0.717, 1.165) is 0 Å². The molecule has 1 unspecified atom stereocenters. The van der Waals surface area contributed by atoms with Crippen LogP contribution in [0.2, 0.25) is 5.02 Å². The molecule has 8 heteroatoms. The van der Waals surface area contributed by atoms with E-state index < -0.39 is 6.04 Å². The van der Waals surface area contributed by atoms with Gasteiger partial charge in [0.25, 0.3) is 5.91 Å². The highest BCUT2D eigenvalue weighted by molar-refractivity contribution is 9.10. The van der Waals surface area contributed by atoms with Gasteiger partial charge in [0, 0.05) is 28.6 Å². The number of nitriles is 1. The molecule has 6 nitrogen and oxygen atoms in total. The number of hydrogen-bond acceptors (Lipinski definition) is 5. The second kappa shape index (κ2) is 8.25. The summed E-state index contributed by atoms with van der Waals surface area (Å²) in [5.41, 5.74) is 2.53. The molecule has 1 amide bonds. The van der Waals surface area contributed by atoms with Crippen LogP contribution < -0.4 is 5.32 Å². The molecule has 2 aromatic heterocycles. The van der Waals surface area contributed by atoms with Crippen molar-refractivity contribution in [2.45, 2.75) is 13.0 Å². The molecule has 3 aromatic rings. The van der Waals surface area contributed by atoms with Gasteiger partial charge in [-0.05, 0) is 37.3 Å². The number of aromatic nitrogens is 3. The summed E-state index contributed by atoms with van der Waals surface area (Å²) in [7, 11) is 0. The monoisotopic (exact) mass is 441 g/mol. The van der Waals surface area contributed by atoms with Crippen LogP contribution in [0.15, 0.2) is 53.4 Å². The minimum absolute atomic E-state index is 0.319. The van der Waals surface area contributed by atoms with Crippen molar-refractivity contribution in [3.05, 3.63) is 75.2 Å². The number of hydrogen-bond donors (Lipinski definition) is 1. The predicted octanol–water partition coefficient (Wildman–Crippen LogP) is 4.32. The van der Waals surface area contributed by atoms with Gasteiger partial charge in [0.2, 0.25) is 0 Å². The summed E-state index contributed by atoms with van der Waals surface area (Å²) in [6.45, 7) is 1.81. The summed E-state index contributed by atoms with van der Waals surface area (Å²) < 4.78 is 0.657. The Bertz CT molecular complexity index is 1030. The average Bonchev–Trinajstić information content (AvgIpc) is 2.68. The third kappa shape index (κ3) is 4.48. The van der Waals surface area contributed by atoms with E-state index in [9.17, 15) is 4.79 Å². The highest BCUT2D eigenvalue weighted by Gasteiger charge is 2.19. The van der Waals surface area contributed by atoms with Gasteiger partial charge in [0.05, 0.1) is 34.1 Å². The number of carbonyl (C=O) groups is 1. The number of pyridine rings is 1. The summed E-state index contributed by atoms with van der Waals surface area (Å²) in [4.78, 5) is 25.6. The van der Waals surface area contributed by atoms with Gasteiger partial charge in [0.1, 0.15) is 5.69 Å². The van der Waals surface area contributed by atoms with E-state index in [4.69, 9.17) is 16.9 Å². The van der Waals surface area contributed by atoms with Crippen LogP contribution in [0.5, 0.6) is 0 Å². The molecule has 0 saturated carbocycles. The molecular formula is C19H13BrClN5O. The molecule has 1 N–H and O–H groups in total. The fourth-order valence-electron chi connectivity index (χ4n) is 2.51. The van der Waals surface area contributed by atoms with Gasteiger partial charge in [-0.3, -0.25) is 19.7 Å². The fraction of sp³-hybridized carbons (Fsp3) is 0.105. The third-order valence-electron chi connectivity index (χ3n) is 3.74. The largest absolute Gasteiger partial charge is 0.344 e. The number of benzene rings is 1. The molecule has 0 fully saturated rings. The molecule has 0 radical (unpaired) electrons. The number of carbonyl (C=O) groups excluding carboxylic acids is 1. The molecule has 0 bridgehead atoms. The Morgan fingerprint density at radius 3 is 2.70 bits per heavy atom. The Kier molecular flexibility index (Phi) is 5.79. The van der Waals surface area contributed by atoms with Gasteiger partial charge in [-0.15, -0.1) is 0 Å². The standard InChI is InChI=1S/C19H13BrClN5O/c1-11(26-19(27)13-6-12(9-22)7-14(20)8-13)17-18(24-5-4-23-17)16-3-2-15(21)10-25-16/h2-8,10-11H,1H3,(H,26,27).